The van der Waals surface area contributed by atoms with Crippen molar-refractivity contribution < 1.29 is 14.2 Å². The van der Waals surface area contributed by atoms with E-state index in [0.717, 1.165) is 11.3 Å². The number of ether oxygens (including phenoxy) is 1. The fourth-order valence-corrected chi connectivity index (χ4v) is 2.37. The van der Waals surface area contributed by atoms with E-state index in [9.17, 15) is 9.50 Å². The Labute approximate surface area is 137 Å². The van der Waals surface area contributed by atoms with Crippen molar-refractivity contribution in [1.29, 1.82) is 0 Å². The first-order chi connectivity index (χ1) is 11.0. The zero-order chi connectivity index (χ0) is 16.8. The van der Waals surface area contributed by atoms with Gasteiger partial charge in [-0.25, -0.2) is 4.39 Å². The number of hydrogen-bond acceptors (Lipinski definition) is 3. The van der Waals surface area contributed by atoms with Gasteiger partial charge in [0.25, 0.3) is 0 Å². The molecular formula is C19H24FNO2. The van der Waals surface area contributed by atoms with E-state index < -0.39 is 6.10 Å². The fraction of sp³-hybridized carbons (Fsp3) is 0.368. The van der Waals surface area contributed by atoms with Crippen molar-refractivity contribution in [2.75, 3.05) is 20.2 Å². The van der Waals surface area contributed by atoms with Crippen LogP contribution in [0.15, 0.2) is 48.5 Å². The quantitative estimate of drug-likeness (QED) is 0.847. The third-order valence-corrected chi connectivity index (χ3v) is 3.98. The summed E-state index contributed by atoms with van der Waals surface area (Å²) in [6.07, 6.45) is -0.593. The Morgan fingerprint density at radius 3 is 2.30 bits per heavy atom. The Hall–Kier alpha value is -1.91. The molecule has 0 aliphatic rings. The molecule has 124 valence electrons. The first-order valence-electron chi connectivity index (χ1n) is 7.79. The minimum Gasteiger partial charge on any atom is -0.491 e. The third-order valence-electron chi connectivity index (χ3n) is 3.98. The molecule has 2 aromatic rings. The van der Waals surface area contributed by atoms with Crippen LogP contribution in [-0.4, -0.2) is 36.3 Å². The van der Waals surface area contributed by atoms with Gasteiger partial charge in [-0.05, 0) is 50.7 Å². The fourth-order valence-electron chi connectivity index (χ4n) is 2.37. The van der Waals surface area contributed by atoms with Crippen LogP contribution in [-0.2, 0) is 0 Å². The van der Waals surface area contributed by atoms with Crippen molar-refractivity contribution in [3.63, 3.8) is 0 Å². The summed E-state index contributed by atoms with van der Waals surface area (Å²) in [4.78, 5) is 2.02. The molecule has 3 nitrogen and oxygen atoms in total. The molecule has 2 aromatic carbocycles. The van der Waals surface area contributed by atoms with Gasteiger partial charge in [0.2, 0.25) is 0 Å². The van der Waals surface area contributed by atoms with Crippen LogP contribution < -0.4 is 4.74 Å². The molecule has 0 bridgehead atoms. The molecule has 23 heavy (non-hydrogen) atoms. The van der Waals surface area contributed by atoms with Gasteiger partial charge in [-0.1, -0.05) is 29.8 Å². The van der Waals surface area contributed by atoms with Gasteiger partial charge in [0.1, 0.15) is 24.3 Å². The number of likely N-dealkylation sites (N-methyl/N-ethyl adjacent to an activating group) is 1. The van der Waals surface area contributed by atoms with E-state index in [1.54, 1.807) is 12.1 Å². The largest absolute Gasteiger partial charge is 0.491 e. The van der Waals surface area contributed by atoms with Gasteiger partial charge >= 0.3 is 0 Å². The van der Waals surface area contributed by atoms with Crippen LogP contribution >= 0.6 is 0 Å². The molecule has 0 spiro atoms. The molecule has 1 N–H and O–H groups in total. The predicted octanol–water partition coefficient (Wildman–Crippen LogP) is 3.57. The zero-order valence-electron chi connectivity index (χ0n) is 13.9. The van der Waals surface area contributed by atoms with Gasteiger partial charge in [0.15, 0.2) is 0 Å². The van der Waals surface area contributed by atoms with E-state index in [1.807, 2.05) is 50.1 Å². The van der Waals surface area contributed by atoms with Crippen molar-refractivity contribution in [1.82, 2.24) is 4.90 Å². The summed E-state index contributed by atoms with van der Waals surface area (Å²) in [6.45, 7) is 4.76. The van der Waals surface area contributed by atoms with Crippen LogP contribution in [0.2, 0.25) is 0 Å². The van der Waals surface area contributed by atoms with Crippen LogP contribution in [0.3, 0.4) is 0 Å². The highest BCUT2D eigenvalue weighted by Gasteiger charge is 2.16. The standard InChI is InChI=1S/C19H24FNO2/c1-14-4-10-19(11-5-14)23-13-18(22)12-21(3)15(2)16-6-8-17(20)9-7-16/h4-11,15,18,22H,12-13H2,1-3H3. The first-order valence-corrected chi connectivity index (χ1v) is 7.79. The summed E-state index contributed by atoms with van der Waals surface area (Å²) >= 11 is 0. The average molecular weight is 317 g/mol. The highest BCUT2D eigenvalue weighted by molar-refractivity contribution is 5.26. The Kier molecular flexibility index (Phi) is 6.13. The lowest BCUT2D eigenvalue weighted by atomic mass is 10.1. The maximum Gasteiger partial charge on any atom is 0.123 e. The van der Waals surface area contributed by atoms with Crippen LogP contribution in [0.4, 0.5) is 4.39 Å². The van der Waals surface area contributed by atoms with Crippen molar-refractivity contribution in [2.45, 2.75) is 26.0 Å². The zero-order valence-corrected chi connectivity index (χ0v) is 13.9. The summed E-state index contributed by atoms with van der Waals surface area (Å²) in [6, 6.07) is 14.3. The Bertz CT molecular complexity index is 598. The monoisotopic (exact) mass is 317 g/mol. The van der Waals surface area contributed by atoms with E-state index in [4.69, 9.17) is 4.74 Å². The molecule has 2 atom stereocenters. The Morgan fingerprint density at radius 1 is 1.09 bits per heavy atom. The topological polar surface area (TPSA) is 32.7 Å². The molecule has 2 unspecified atom stereocenters. The molecule has 0 aliphatic carbocycles. The predicted molar refractivity (Wildman–Crippen MR) is 90.1 cm³/mol. The Morgan fingerprint density at radius 2 is 1.70 bits per heavy atom. The van der Waals surface area contributed by atoms with Gasteiger partial charge in [0, 0.05) is 12.6 Å². The number of aliphatic hydroxyl groups excluding tert-OH is 1. The molecule has 4 heteroatoms. The first kappa shape index (κ1) is 17.4. The van der Waals surface area contributed by atoms with E-state index >= 15 is 0 Å². The summed E-state index contributed by atoms with van der Waals surface area (Å²) in [5, 5.41) is 10.1. The summed E-state index contributed by atoms with van der Waals surface area (Å²) in [5.41, 5.74) is 2.19. The maximum atomic E-state index is 13.0. The van der Waals surface area contributed by atoms with E-state index in [0.29, 0.717) is 6.54 Å². The number of rotatable bonds is 7. The average Bonchev–Trinajstić information content (AvgIpc) is 2.54. The van der Waals surface area contributed by atoms with Crippen molar-refractivity contribution in [2.24, 2.45) is 0 Å². The number of aliphatic hydroxyl groups is 1. The number of nitrogens with zero attached hydrogens (tertiary/aromatic N) is 1. The van der Waals surface area contributed by atoms with Crippen molar-refractivity contribution in [3.05, 3.63) is 65.5 Å². The van der Waals surface area contributed by atoms with Gasteiger partial charge in [-0.3, -0.25) is 4.90 Å². The molecule has 0 fully saturated rings. The SMILES string of the molecule is Cc1ccc(OCC(O)CN(C)C(C)c2ccc(F)cc2)cc1. The second kappa shape index (κ2) is 8.09. The van der Waals surface area contributed by atoms with Crippen molar-refractivity contribution in [3.8, 4) is 5.75 Å². The lowest BCUT2D eigenvalue weighted by Crippen LogP contribution is -2.34. The van der Waals surface area contributed by atoms with Gasteiger partial charge in [0.05, 0.1) is 0 Å². The second-order valence-corrected chi connectivity index (χ2v) is 5.94. The number of hydrogen-bond donors (Lipinski definition) is 1. The third kappa shape index (κ3) is 5.34. The molecule has 0 amide bonds. The molecular weight excluding hydrogens is 293 g/mol. The van der Waals surface area contributed by atoms with E-state index in [1.165, 1.54) is 17.7 Å². The molecule has 0 saturated carbocycles. The normalized spacial score (nSPS) is 13.8. The van der Waals surface area contributed by atoms with Crippen LogP contribution in [0.25, 0.3) is 0 Å². The van der Waals surface area contributed by atoms with Crippen LogP contribution in [0, 0.1) is 12.7 Å². The Balaban J connectivity index is 1.82. The van der Waals surface area contributed by atoms with E-state index in [-0.39, 0.29) is 18.5 Å². The lowest BCUT2D eigenvalue weighted by molar-refractivity contribution is 0.0653. The van der Waals surface area contributed by atoms with Gasteiger partial charge < -0.3 is 9.84 Å². The smallest absolute Gasteiger partial charge is 0.123 e. The molecule has 0 heterocycles. The van der Waals surface area contributed by atoms with Crippen molar-refractivity contribution >= 4 is 0 Å². The second-order valence-electron chi connectivity index (χ2n) is 5.94. The number of halogens is 1. The molecule has 0 radical (unpaired) electrons. The molecule has 0 aromatic heterocycles. The van der Waals surface area contributed by atoms with Gasteiger partial charge in [-0.2, -0.15) is 0 Å². The minimum atomic E-state index is -0.593. The molecule has 2 rings (SSSR count). The van der Waals surface area contributed by atoms with Crippen LogP contribution in [0.5, 0.6) is 5.75 Å². The molecule has 0 saturated heterocycles. The highest BCUT2D eigenvalue weighted by atomic mass is 19.1. The number of aryl methyl sites for hydroxylation is 1. The van der Waals surface area contributed by atoms with Gasteiger partial charge in [-0.15, -0.1) is 0 Å². The highest BCUT2D eigenvalue weighted by Crippen LogP contribution is 2.19. The molecule has 0 aliphatic heterocycles. The summed E-state index contributed by atoms with van der Waals surface area (Å²) in [5.74, 6) is 0.513. The number of benzene rings is 2. The maximum absolute atomic E-state index is 13.0. The lowest BCUT2D eigenvalue weighted by Gasteiger charge is -2.27. The van der Waals surface area contributed by atoms with E-state index in [2.05, 4.69) is 0 Å². The summed E-state index contributed by atoms with van der Waals surface area (Å²) in [7, 11) is 1.93. The summed E-state index contributed by atoms with van der Waals surface area (Å²) < 4.78 is 18.6. The minimum absolute atomic E-state index is 0.0876. The van der Waals surface area contributed by atoms with Crippen LogP contribution in [0.1, 0.15) is 24.1 Å².